The van der Waals surface area contributed by atoms with Gasteiger partial charge >= 0.3 is 0 Å². The molecular formula is C32H23NO5. The van der Waals surface area contributed by atoms with Gasteiger partial charge in [0.2, 0.25) is 5.78 Å². The van der Waals surface area contributed by atoms with Gasteiger partial charge in [-0.15, -0.1) is 6.42 Å². The van der Waals surface area contributed by atoms with Crippen LogP contribution in [0.1, 0.15) is 22.3 Å². The Morgan fingerprint density at radius 2 is 1.58 bits per heavy atom. The Bertz CT molecular complexity index is 1690. The molecule has 0 bridgehead atoms. The molecule has 7 rings (SSSR count). The number of carbonyl (C=O) groups excluding carboxylic acids is 2. The van der Waals surface area contributed by atoms with Crippen molar-refractivity contribution in [2.45, 2.75) is 6.10 Å². The fourth-order valence-corrected chi connectivity index (χ4v) is 5.88. The van der Waals surface area contributed by atoms with Crippen LogP contribution in [0.3, 0.4) is 0 Å². The summed E-state index contributed by atoms with van der Waals surface area (Å²) in [5.74, 6) is 2.88. The van der Waals surface area contributed by atoms with E-state index in [1.54, 1.807) is 4.90 Å². The number of para-hydroxylation sites is 1. The van der Waals surface area contributed by atoms with E-state index in [2.05, 4.69) is 12.5 Å². The Hall–Kier alpha value is -4.60. The fourth-order valence-electron chi connectivity index (χ4n) is 5.88. The second-order valence-corrected chi connectivity index (χ2v) is 9.63. The first-order chi connectivity index (χ1) is 18.6. The summed E-state index contributed by atoms with van der Waals surface area (Å²) in [4.78, 5) is 30.1. The number of hydrogen-bond donors (Lipinski definition) is 0. The maximum Gasteiger partial charge on any atom is 0.258 e. The van der Waals surface area contributed by atoms with Crippen molar-refractivity contribution >= 4 is 44.9 Å². The molecule has 2 aliphatic carbocycles. The van der Waals surface area contributed by atoms with Crippen LogP contribution >= 0.6 is 0 Å². The molecule has 0 N–H and O–H groups in total. The quantitative estimate of drug-likeness (QED) is 0.386. The lowest BCUT2D eigenvalue weighted by Crippen LogP contribution is -2.42. The zero-order valence-corrected chi connectivity index (χ0v) is 20.6. The van der Waals surface area contributed by atoms with Gasteiger partial charge in [0.25, 0.3) is 5.91 Å². The molecule has 6 nitrogen and oxygen atoms in total. The first-order valence-electron chi connectivity index (χ1n) is 12.6. The van der Waals surface area contributed by atoms with E-state index in [9.17, 15) is 9.59 Å². The average molecular weight is 502 g/mol. The van der Waals surface area contributed by atoms with Gasteiger partial charge < -0.3 is 19.1 Å². The number of fused-ring (bicyclic) bond motifs is 4. The third kappa shape index (κ3) is 3.12. The fraction of sp³-hybridized carbons (Fsp3) is 0.188. The number of ketones is 1. The highest BCUT2D eigenvalue weighted by molar-refractivity contribution is 6.56. The predicted octanol–water partition coefficient (Wildman–Crippen LogP) is 4.34. The minimum atomic E-state index is -0.651. The maximum absolute atomic E-state index is 14.4. The van der Waals surface area contributed by atoms with E-state index < -0.39 is 6.10 Å². The lowest BCUT2D eigenvalue weighted by atomic mass is 9.92. The molecule has 1 atom stereocenters. The van der Waals surface area contributed by atoms with Gasteiger partial charge in [0, 0.05) is 35.4 Å². The molecular weight excluding hydrogens is 478 g/mol. The number of rotatable bonds is 2. The van der Waals surface area contributed by atoms with E-state index in [0.29, 0.717) is 60.1 Å². The second-order valence-electron chi connectivity index (χ2n) is 9.63. The molecule has 3 aromatic carbocycles. The first kappa shape index (κ1) is 22.6. The number of nitrogens with zero attached hydrogens (tertiary/aromatic N) is 1. The summed E-state index contributed by atoms with van der Waals surface area (Å²) >= 11 is 0. The predicted molar refractivity (Wildman–Crippen MR) is 145 cm³/mol. The van der Waals surface area contributed by atoms with Crippen LogP contribution < -0.4 is 4.74 Å². The molecule has 1 amide bonds. The number of benzene rings is 3. The Morgan fingerprint density at radius 1 is 0.921 bits per heavy atom. The molecule has 2 heterocycles. The highest BCUT2D eigenvalue weighted by Gasteiger charge is 2.44. The van der Waals surface area contributed by atoms with Gasteiger partial charge in [-0.2, -0.15) is 0 Å². The lowest BCUT2D eigenvalue weighted by Gasteiger charge is -2.27. The Balaban J connectivity index is 1.51. The second kappa shape index (κ2) is 8.47. The van der Waals surface area contributed by atoms with E-state index in [1.807, 2.05) is 54.6 Å². The van der Waals surface area contributed by atoms with E-state index in [4.69, 9.17) is 20.6 Å². The molecule has 1 fully saturated rings. The van der Waals surface area contributed by atoms with E-state index >= 15 is 0 Å². The lowest BCUT2D eigenvalue weighted by molar-refractivity contribution is -0.132. The van der Waals surface area contributed by atoms with Crippen LogP contribution in [-0.4, -0.2) is 55.6 Å². The minimum Gasteiger partial charge on any atom is -0.488 e. The summed E-state index contributed by atoms with van der Waals surface area (Å²) in [5.41, 5.74) is 5.08. The summed E-state index contributed by atoms with van der Waals surface area (Å²) in [7, 11) is 0. The molecule has 1 unspecified atom stereocenters. The summed E-state index contributed by atoms with van der Waals surface area (Å²) in [6, 6.07) is 17.6. The van der Waals surface area contributed by atoms with Crippen LogP contribution in [0.5, 0.6) is 5.75 Å². The van der Waals surface area contributed by atoms with E-state index in [1.165, 1.54) is 0 Å². The van der Waals surface area contributed by atoms with Crippen molar-refractivity contribution in [1.29, 1.82) is 0 Å². The van der Waals surface area contributed by atoms with E-state index in [-0.39, 0.29) is 23.9 Å². The number of hydrogen-bond acceptors (Lipinski definition) is 5. The number of ether oxygens (including phenoxy) is 3. The molecule has 1 saturated heterocycles. The molecule has 0 saturated carbocycles. The van der Waals surface area contributed by atoms with Gasteiger partial charge in [-0.1, -0.05) is 61.0 Å². The van der Waals surface area contributed by atoms with E-state index in [0.717, 1.165) is 27.5 Å². The van der Waals surface area contributed by atoms with Gasteiger partial charge in [-0.25, -0.2) is 0 Å². The molecule has 4 aliphatic rings. The van der Waals surface area contributed by atoms with Crippen molar-refractivity contribution in [2.24, 2.45) is 0 Å². The molecule has 0 radical (unpaired) electrons. The third-order valence-electron chi connectivity index (χ3n) is 7.60. The molecule has 186 valence electrons. The molecule has 6 heteroatoms. The van der Waals surface area contributed by atoms with Gasteiger partial charge in [-0.05, 0) is 28.0 Å². The average Bonchev–Trinajstić information content (AvgIpc) is 3.36. The van der Waals surface area contributed by atoms with Crippen molar-refractivity contribution < 1.29 is 23.8 Å². The van der Waals surface area contributed by atoms with Crippen LogP contribution in [0.2, 0.25) is 0 Å². The monoisotopic (exact) mass is 501 g/mol. The van der Waals surface area contributed by atoms with Crippen LogP contribution in [0.25, 0.3) is 33.3 Å². The minimum absolute atomic E-state index is 0.151. The van der Waals surface area contributed by atoms with Crippen molar-refractivity contribution in [3.63, 3.8) is 0 Å². The summed E-state index contributed by atoms with van der Waals surface area (Å²) in [6.07, 6.45) is 5.06. The number of morpholine rings is 1. The van der Waals surface area contributed by atoms with Crippen LogP contribution in [-0.2, 0) is 19.1 Å². The molecule has 38 heavy (non-hydrogen) atoms. The zero-order valence-electron chi connectivity index (χ0n) is 20.6. The van der Waals surface area contributed by atoms with Crippen LogP contribution in [0.15, 0.2) is 66.7 Å². The van der Waals surface area contributed by atoms with Gasteiger partial charge in [0.15, 0.2) is 6.10 Å². The van der Waals surface area contributed by atoms with Crippen molar-refractivity contribution in [2.75, 3.05) is 32.9 Å². The third-order valence-corrected chi connectivity index (χ3v) is 7.60. The van der Waals surface area contributed by atoms with Gasteiger partial charge in [0.1, 0.15) is 18.1 Å². The summed E-state index contributed by atoms with van der Waals surface area (Å²) in [6.45, 7) is 5.97. The Labute approximate surface area is 219 Å². The highest BCUT2D eigenvalue weighted by Crippen LogP contribution is 2.56. The molecule has 0 spiro atoms. The smallest absolute Gasteiger partial charge is 0.258 e. The number of terminal acetylenes is 1. The molecule has 3 aromatic rings. The highest BCUT2D eigenvalue weighted by atomic mass is 16.5. The van der Waals surface area contributed by atoms with Crippen molar-refractivity contribution in [3.05, 3.63) is 89.0 Å². The largest absolute Gasteiger partial charge is 0.488 e. The SMILES string of the molecule is C#CC1COC(=C)c2cccc(C3=C4C(=C(C(=O)N5CCOCC5)C3=O)c3cccc5cccc4c35)c2O1. The van der Waals surface area contributed by atoms with Crippen LogP contribution in [0, 0.1) is 12.3 Å². The topological polar surface area (TPSA) is 65.1 Å². The normalized spacial score (nSPS) is 20.1. The molecule has 2 aliphatic heterocycles. The van der Waals surface area contributed by atoms with Crippen molar-refractivity contribution in [3.8, 4) is 18.1 Å². The number of allylic oxidation sites excluding steroid dienone is 3. The first-order valence-corrected chi connectivity index (χ1v) is 12.6. The Kier molecular flexibility index (Phi) is 5.04. The number of amides is 1. The Morgan fingerprint density at radius 3 is 2.32 bits per heavy atom. The number of Topliss-reactive ketones (excluding diaryl/α,β-unsaturated/α-hetero) is 1. The maximum atomic E-state index is 14.4. The molecule has 0 aromatic heterocycles. The number of carbonyl (C=O) groups is 2. The standard InChI is InChI=1S/C32H23NO5/c1-3-20-17-37-18(2)21-9-6-12-24(31(21)38-20)28-26-22-10-4-7-19-8-5-11-23(25(19)22)27(26)29(30(28)34)32(35)33-13-15-36-16-14-33/h1,4-12,20H,2,13-17H2. The zero-order chi connectivity index (χ0) is 26.0. The summed E-state index contributed by atoms with van der Waals surface area (Å²) < 4.78 is 17.5. The van der Waals surface area contributed by atoms with Crippen LogP contribution in [0.4, 0.5) is 0 Å². The van der Waals surface area contributed by atoms with Crippen molar-refractivity contribution in [1.82, 2.24) is 4.90 Å². The summed E-state index contributed by atoms with van der Waals surface area (Å²) in [5, 5.41) is 2.09. The van der Waals surface area contributed by atoms with Gasteiger partial charge in [-0.3, -0.25) is 9.59 Å². The van der Waals surface area contributed by atoms with Gasteiger partial charge in [0.05, 0.1) is 24.4 Å².